The summed E-state index contributed by atoms with van der Waals surface area (Å²) in [7, 11) is 0. The number of hydrogen-bond acceptors (Lipinski definition) is 2. The average Bonchev–Trinajstić information content (AvgIpc) is 2.52. The smallest absolute Gasteiger partial charge is 0.329 e. The summed E-state index contributed by atoms with van der Waals surface area (Å²) in [5, 5.41) is 2.54. The number of carbonyl (C=O) groups is 1. The first kappa shape index (κ1) is 7.62. The van der Waals surface area contributed by atoms with Gasteiger partial charge in [0.1, 0.15) is 0 Å². The summed E-state index contributed by atoms with van der Waals surface area (Å²) < 4.78 is 0. The Balaban J connectivity index is 2.29. The van der Waals surface area contributed by atoms with Crippen LogP contribution in [0.2, 0.25) is 0 Å². The first-order valence-corrected chi connectivity index (χ1v) is 3.19. The Hall–Kier alpha value is -1.49. The van der Waals surface area contributed by atoms with E-state index in [0.717, 1.165) is 5.56 Å². The Bertz CT molecular complexity index is 218. The zero-order valence-electron chi connectivity index (χ0n) is 5.92. The van der Waals surface area contributed by atoms with E-state index < -0.39 is 0 Å². The fourth-order valence-corrected chi connectivity index (χ4v) is 0.702. The zero-order valence-corrected chi connectivity index (χ0v) is 5.92. The topological polar surface area (TPSA) is 82.9 Å². The lowest BCUT2D eigenvalue weighted by Gasteiger charge is -2.00. The van der Waals surface area contributed by atoms with Crippen molar-refractivity contribution in [2.75, 3.05) is 0 Å². The third-order valence-electron chi connectivity index (χ3n) is 1.25. The predicted molar refractivity (Wildman–Crippen MR) is 40.4 cm³/mol. The van der Waals surface area contributed by atoms with E-state index in [1.54, 1.807) is 12.4 Å². The second-order valence-electron chi connectivity index (χ2n) is 2.05. The van der Waals surface area contributed by atoms with E-state index in [9.17, 15) is 4.79 Å². The third kappa shape index (κ3) is 2.30. The quantitative estimate of drug-likeness (QED) is 0.267. The van der Waals surface area contributed by atoms with E-state index >= 15 is 0 Å². The molecule has 0 aliphatic heterocycles. The molecule has 0 aliphatic rings. The number of aromatic nitrogens is 1. The van der Waals surface area contributed by atoms with Gasteiger partial charge in [0.25, 0.3) is 0 Å². The highest BCUT2D eigenvalue weighted by atomic mass is 16.2. The minimum absolute atomic E-state index is 0.383. The number of nitrogens with one attached hydrogen (secondary N) is 3. The molecule has 1 heterocycles. The molecule has 5 heteroatoms. The largest absolute Gasteiger partial charge is 0.367 e. The molecule has 1 aromatic rings. The Kier molecular flexibility index (Phi) is 2.51. The van der Waals surface area contributed by atoms with Crippen molar-refractivity contribution in [3.05, 3.63) is 24.0 Å². The van der Waals surface area contributed by atoms with Gasteiger partial charge < -0.3 is 10.3 Å². The Labute approximate surface area is 63.9 Å². The molecule has 11 heavy (non-hydrogen) atoms. The fourth-order valence-electron chi connectivity index (χ4n) is 0.702. The molecule has 60 valence electrons. The van der Waals surface area contributed by atoms with Crippen LogP contribution in [-0.2, 0) is 6.54 Å². The summed E-state index contributed by atoms with van der Waals surface area (Å²) in [4.78, 5) is 13.4. The lowest BCUT2D eigenvalue weighted by molar-refractivity contribution is 0.241. The van der Waals surface area contributed by atoms with E-state index in [1.165, 1.54) is 0 Å². The highest BCUT2D eigenvalue weighted by Gasteiger charge is 1.95. The lowest BCUT2D eigenvalue weighted by atomic mass is 10.3. The number of hydrazine groups is 1. The van der Waals surface area contributed by atoms with Gasteiger partial charge in [0.05, 0.1) is 0 Å². The number of hydrogen-bond donors (Lipinski definition) is 4. The maximum absolute atomic E-state index is 10.5. The molecule has 0 unspecified atom stereocenters. The van der Waals surface area contributed by atoms with Gasteiger partial charge in [-0.3, -0.25) is 5.43 Å². The molecule has 0 atom stereocenters. The second kappa shape index (κ2) is 3.62. The highest BCUT2D eigenvalue weighted by molar-refractivity contribution is 5.72. The second-order valence-corrected chi connectivity index (χ2v) is 2.05. The van der Waals surface area contributed by atoms with Crippen LogP contribution in [0.4, 0.5) is 4.79 Å². The minimum Gasteiger partial charge on any atom is -0.367 e. The molecule has 0 saturated carbocycles. The maximum Gasteiger partial charge on any atom is 0.329 e. The van der Waals surface area contributed by atoms with Crippen molar-refractivity contribution < 1.29 is 4.79 Å². The first-order valence-electron chi connectivity index (χ1n) is 3.19. The zero-order chi connectivity index (χ0) is 8.10. The molecule has 5 N–H and O–H groups in total. The van der Waals surface area contributed by atoms with Crippen molar-refractivity contribution in [1.82, 2.24) is 15.7 Å². The first-order chi connectivity index (χ1) is 5.33. The van der Waals surface area contributed by atoms with Gasteiger partial charge in [-0.2, -0.15) is 0 Å². The van der Waals surface area contributed by atoms with Gasteiger partial charge in [-0.05, 0) is 11.6 Å². The van der Waals surface area contributed by atoms with Crippen LogP contribution in [0, 0.1) is 0 Å². The molecular formula is C6H10N4O. The van der Waals surface area contributed by atoms with Crippen LogP contribution >= 0.6 is 0 Å². The van der Waals surface area contributed by atoms with E-state index in [4.69, 9.17) is 5.84 Å². The van der Waals surface area contributed by atoms with E-state index in [0.29, 0.717) is 6.54 Å². The van der Waals surface area contributed by atoms with Crippen molar-refractivity contribution in [3.63, 3.8) is 0 Å². The average molecular weight is 154 g/mol. The summed E-state index contributed by atoms with van der Waals surface area (Å²) in [6, 6.07) is 1.49. The van der Waals surface area contributed by atoms with Crippen molar-refractivity contribution in [2.24, 2.45) is 5.84 Å². The molecule has 0 bridgehead atoms. The van der Waals surface area contributed by atoms with Crippen molar-refractivity contribution in [3.8, 4) is 0 Å². The van der Waals surface area contributed by atoms with E-state index in [-0.39, 0.29) is 6.03 Å². The molecule has 1 aromatic heterocycles. The van der Waals surface area contributed by atoms with E-state index in [2.05, 4.69) is 10.3 Å². The molecule has 0 spiro atoms. The molecule has 2 amide bonds. The van der Waals surface area contributed by atoms with Crippen LogP contribution in [0.15, 0.2) is 18.5 Å². The summed E-state index contributed by atoms with van der Waals surface area (Å²) in [6.07, 6.45) is 3.59. The predicted octanol–water partition coefficient (Wildman–Crippen LogP) is -0.312. The van der Waals surface area contributed by atoms with Gasteiger partial charge in [0, 0.05) is 18.9 Å². The lowest BCUT2D eigenvalue weighted by Crippen LogP contribution is -2.39. The molecule has 0 aromatic carbocycles. The van der Waals surface area contributed by atoms with Gasteiger partial charge in [-0.25, -0.2) is 10.6 Å². The molecule has 5 nitrogen and oxygen atoms in total. The number of nitrogens with two attached hydrogens (primary N) is 1. The molecule has 0 fully saturated rings. The summed E-state index contributed by atoms with van der Waals surface area (Å²) >= 11 is 0. The van der Waals surface area contributed by atoms with E-state index in [1.807, 2.05) is 11.5 Å². The Morgan fingerprint density at radius 3 is 3.09 bits per heavy atom. The Morgan fingerprint density at radius 1 is 1.73 bits per heavy atom. The highest BCUT2D eigenvalue weighted by Crippen LogP contribution is 1.93. The number of carbonyl (C=O) groups excluding carboxylic acids is 1. The van der Waals surface area contributed by atoms with Crippen LogP contribution in [0.5, 0.6) is 0 Å². The molecule has 0 radical (unpaired) electrons. The van der Waals surface area contributed by atoms with Crippen molar-refractivity contribution in [1.29, 1.82) is 0 Å². The van der Waals surface area contributed by atoms with Gasteiger partial charge in [-0.15, -0.1) is 0 Å². The van der Waals surface area contributed by atoms with Crippen molar-refractivity contribution in [2.45, 2.75) is 6.54 Å². The fraction of sp³-hybridized carbons (Fsp3) is 0.167. The number of amides is 2. The van der Waals surface area contributed by atoms with Gasteiger partial charge in [0.15, 0.2) is 0 Å². The normalized spacial score (nSPS) is 9.18. The van der Waals surface area contributed by atoms with Crippen LogP contribution in [0.25, 0.3) is 0 Å². The monoisotopic (exact) mass is 154 g/mol. The molecule has 1 rings (SSSR count). The minimum atomic E-state index is -0.383. The van der Waals surface area contributed by atoms with Gasteiger partial charge >= 0.3 is 6.03 Å². The van der Waals surface area contributed by atoms with Crippen LogP contribution < -0.4 is 16.6 Å². The summed E-state index contributed by atoms with van der Waals surface area (Å²) in [5.74, 6) is 4.84. The third-order valence-corrected chi connectivity index (χ3v) is 1.25. The summed E-state index contributed by atoms with van der Waals surface area (Å²) in [6.45, 7) is 0.479. The number of aromatic amines is 1. The van der Waals surface area contributed by atoms with Crippen molar-refractivity contribution >= 4 is 6.03 Å². The summed E-state index contributed by atoms with van der Waals surface area (Å²) in [5.41, 5.74) is 2.98. The van der Waals surface area contributed by atoms with Crippen LogP contribution in [0.1, 0.15) is 5.56 Å². The maximum atomic E-state index is 10.5. The molecule has 0 aliphatic carbocycles. The Morgan fingerprint density at radius 2 is 2.55 bits per heavy atom. The number of urea groups is 1. The molecule has 0 saturated heterocycles. The van der Waals surface area contributed by atoms with Crippen LogP contribution in [0.3, 0.4) is 0 Å². The van der Waals surface area contributed by atoms with Gasteiger partial charge in [0.2, 0.25) is 0 Å². The molecular weight excluding hydrogens is 144 g/mol. The SMILES string of the molecule is NNC(=O)NCc1cc[nH]c1. The standard InChI is InChI=1S/C6H10N4O/c7-10-6(11)9-4-5-1-2-8-3-5/h1-3,8H,4,7H2,(H2,9,10,11). The van der Waals surface area contributed by atoms with Crippen LogP contribution in [-0.4, -0.2) is 11.0 Å². The van der Waals surface area contributed by atoms with Gasteiger partial charge in [-0.1, -0.05) is 0 Å². The number of H-pyrrole nitrogens is 1. The number of rotatable bonds is 2.